The second-order valence-corrected chi connectivity index (χ2v) is 6.20. The number of aldehydes is 1. The molecule has 0 heterocycles. The van der Waals surface area contributed by atoms with Gasteiger partial charge in [-0.1, -0.05) is 44.9 Å². The number of nitrogens with one attached hydrogen (secondary N) is 1. The van der Waals surface area contributed by atoms with Gasteiger partial charge in [0.05, 0.1) is 5.25 Å². The number of carbonyl (C=O) groups excluding carboxylic acids is 1. The molecule has 3 heteroatoms. The van der Waals surface area contributed by atoms with Crippen LogP contribution in [-0.4, -0.2) is 24.3 Å². The molecule has 0 saturated carbocycles. The standard InChI is InChI=1S/C17H29NOS/c1-6-8-15(4)17(18-5)11-10-14(3)13-20-16(12-19)9-7-2/h10-12,16,18H,4,6-9,13H2,1-3,5H3/b14-10+,17-11+. The van der Waals surface area contributed by atoms with E-state index in [0.29, 0.717) is 0 Å². The molecule has 0 aliphatic carbocycles. The van der Waals surface area contributed by atoms with Crippen molar-refractivity contribution in [2.45, 2.75) is 51.7 Å². The maximum Gasteiger partial charge on any atom is 0.132 e. The van der Waals surface area contributed by atoms with Gasteiger partial charge in [0.2, 0.25) is 0 Å². The summed E-state index contributed by atoms with van der Waals surface area (Å²) in [4.78, 5) is 10.9. The molecule has 0 aliphatic heterocycles. The van der Waals surface area contributed by atoms with Crippen molar-refractivity contribution in [1.82, 2.24) is 5.32 Å². The molecule has 0 amide bonds. The number of rotatable bonds is 11. The Labute approximate surface area is 128 Å². The lowest BCUT2D eigenvalue weighted by molar-refractivity contribution is -0.107. The van der Waals surface area contributed by atoms with Crippen LogP contribution in [0.25, 0.3) is 0 Å². The molecule has 0 saturated heterocycles. The molecule has 1 unspecified atom stereocenters. The summed E-state index contributed by atoms with van der Waals surface area (Å²) in [6.45, 7) is 10.5. The lowest BCUT2D eigenvalue weighted by Gasteiger charge is -2.10. The molecule has 1 atom stereocenters. The molecule has 0 aromatic carbocycles. The summed E-state index contributed by atoms with van der Waals surface area (Å²) in [6, 6.07) is 0. The van der Waals surface area contributed by atoms with E-state index in [1.165, 1.54) is 5.57 Å². The zero-order chi connectivity index (χ0) is 15.4. The Bertz CT molecular complexity index is 358. The van der Waals surface area contributed by atoms with Crippen LogP contribution in [0.2, 0.25) is 0 Å². The lowest BCUT2D eigenvalue weighted by atomic mass is 10.1. The lowest BCUT2D eigenvalue weighted by Crippen LogP contribution is -2.07. The monoisotopic (exact) mass is 295 g/mol. The summed E-state index contributed by atoms with van der Waals surface area (Å²) >= 11 is 1.72. The molecule has 20 heavy (non-hydrogen) atoms. The number of allylic oxidation sites excluding steroid dienone is 3. The van der Waals surface area contributed by atoms with E-state index in [1.54, 1.807) is 11.8 Å². The third-order valence-electron chi connectivity index (χ3n) is 2.99. The fraction of sp³-hybridized carbons (Fsp3) is 0.588. The summed E-state index contributed by atoms with van der Waals surface area (Å²) in [7, 11) is 1.92. The van der Waals surface area contributed by atoms with Crippen LogP contribution in [0.4, 0.5) is 0 Å². The zero-order valence-corrected chi connectivity index (χ0v) is 14.2. The molecule has 0 radical (unpaired) electrons. The quantitative estimate of drug-likeness (QED) is 0.450. The number of thioether (sulfide) groups is 1. The van der Waals surface area contributed by atoms with Gasteiger partial charge in [-0.25, -0.2) is 0 Å². The van der Waals surface area contributed by atoms with E-state index in [-0.39, 0.29) is 5.25 Å². The summed E-state index contributed by atoms with van der Waals surface area (Å²) in [5.41, 5.74) is 3.51. The summed E-state index contributed by atoms with van der Waals surface area (Å²) in [5, 5.41) is 3.32. The van der Waals surface area contributed by atoms with Crippen molar-refractivity contribution in [2.75, 3.05) is 12.8 Å². The molecular formula is C17H29NOS. The van der Waals surface area contributed by atoms with Gasteiger partial charge in [-0.3, -0.25) is 0 Å². The van der Waals surface area contributed by atoms with Crippen molar-refractivity contribution in [3.63, 3.8) is 0 Å². The van der Waals surface area contributed by atoms with Gasteiger partial charge in [-0.15, -0.1) is 11.8 Å². The van der Waals surface area contributed by atoms with Gasteiger partial charge in [-0.2, -0.15) is 0 Å². The van der Waals surface area contributed by atoms with E-state index < -0.39 is 0 Å². The maximum atomic E-state index is 10.9. The molecular weight excluding hydrogens is 266 g/mol. The molecule has 0 aromatic heterocycles. The third kappa shape index (κ3) is 8.26. The van der Waals surface area contributed by atoms with Gasteiger partial charge in [0, 0.05) is 18.5 Å². The summed E-state index contributed by atoms with van der Waals surface area (Å²) in [5.74, 6) is 0.900. The second kappa shape index (κ2) is 11.8. The fourth-order valence-electron chi connectivity index (χ4n) is 1.80. The molecule has 0 fully saturated rings. The predicted octanol–water partition coefficient (Wildman–Crippen LogP) is 4.49. The van der Waals surface area contributed by atoms with Gasteiger partial charge < -0.3 is 10.1 Å². The van der Waals surface area contributed by atoms with Crippen LogP contribution in [0.1, 0.15) is 46.5 Å². The average Bonchev–Trinajstić information content (AvgIpc) is 2.44. The molecule has 2 nitrogen and oxygen atoms in total. The smallest absolute Gasteiger partial charge is 0.132 e. The van der Waals surface area contributed by atoms with E-state index in [1.807, 2.05) is 7.05 Å². The van der Waals surface area contributed by atoms with Gasteiger partial charge >= 0.3 is 0 Å². The summed E-state index contributed by atoms with van der Waals surface area (Å²) in [6.07, 6.45) is 9.41. The van der Waals surface area contributed by atoms with Crippen molar-refractivity contribution in [1.29, 1.82) is 0 Å². The first-order valence-corrected chi connectivity index (χ1v) is 8.44. The zero-order valence-electron chi connectivity index (χ0n) is 13.4. The van der Waals surface area contributed by atoms with E-state index in [9.17, 15) is 4.79 Å². The minimum atomic E-state index is 0.131. The molecule has 1 N–H and O–H groups in total. The van der Waals surface area contributed by atoms with E-state index >= 15 is 0 Å². The highest BCUT2D eigenvalue weighted by molar-refractivity contribution is 8.00. The topological polar surface area (TPSA) is 29.1 Å². The van der Waals surface area contributed by atoms with Crippen molar-refractivity contribution < 1.29 is 4.79 Å². The highest BCUT2D eigenvalue weighted by atomic mass is 32.2. The Morgan fingerprint density at radius 2 is 2.00 bits per heavy atom. The average molecular weight is 295 g/mol. The van der Waals surface area contributed by atoms with Gasteiger partial charge in [0.25, 0.3) is 0 Å². The molecule has 114 valence electrons. The highest BCUT2D eigenvalue weighted by Gasteiger charge is 2.06. The SMILES string of the molecule is C=C(CCC)/C(=C\C=C(/C)CSC(C=O)CCC)NC. The molecule has 0 rings (SSSR count). The van der Waals surface area contributed by atoms with Gasteiger partial charge in [0.1, 0.15) is 6.29 Å². The Morgan fingerprint density at radius 3 is 2.50 bits per heavy atom. The Hall–Kier alpha value is -0.960. The van der Waals surface area contributed by atoms with Crippen molar-refractivity contribution in [3.8, 4) is 0 Å². The third-order valence-corrected chi connectivity index (χ3v) is 4.38. The molecule has 0 aromatic rings. The maximum absolute atomic E-state index is 10.9. The van der Waals surface area contributed by atoms with Gasteiger partial charge in [-0.05, 0) is 31.4 Å². The Balaban J connectivity index is 4.47. The Kier molecular flexibility index (Phi) is 11.3. The number of carbonyl (C=O) groups is 1. The first-order valence-electron chi connectivity index (χ1n) is 7.39. The summed E-state index contributed by atoms with van der Waals surface area (Å²) < 4.78 is 0. The first-order chi connectivity index (χ1) is 9.58. The van der Waals surface area contributed by atoms with E-state index in [4.69, 9.17) is 0 Å². The second-order valence-electron chi connectivity index (χ2n) is 4.97. The van der Waals surface area contributed by atoms with Crippen LogP contribution in [0.5, 0.6) is 0 Å². The Morgan fingerprint density at radius 1 is 1.30 bits per heavy atom. The van der Waals surface area contributed by atoms with Crippen LogP contribution in [-0.2, 0) is 4.79 Å². The first kappa shape index (κ1) is 19.0. The van der Waals surface area contributed by atoms with Crippen LogP contribution >= 0.6 is 11.8 Å². The molecule has 0 spiro atoms. The normalized spacial score (nSPS) is 14.0. The highest BCUT2D eigenvalue weighted by Crippen LogP contribution is 2.18. The van der Waals surface area contributed by atoms with Crippen LogP contribution in [0.3, 0.4) is 0 Å². The van der Waals surface area contributed by atoms with Crippen LogP contribution < -0.4 is 5.32 Å². The minimum absolute atomic E-state index is 0.131. The van der Waals surface area contributed by atoms with E-state index in [2.05, 4.69) is 44.8 Å². The van der Waals surface area contributed by atoms with Crippen LogP contribution in [0, 0.1) is 0 Å². The fourth-order valence-corrected chi connectivity index (χ4v) is 2.86. The van der Waals surface area contributed by atoms with Crippen molar-refractivity contribution >= 4 is 18.0 Å². The van der Waals surface area contributed by atoms with Crippen LogP contribution in [0.15, 0.2) is 35.6 Å². The molecule has 0 bridgehead atoms. The van der Waals surface area contributed by atoms with E-state index in [0.717, 1.165) is 49.0 Å². The molecule has 0 aliphatic rings. The predicted molar refractivity (Wildman–Crippen MR) is 92.2 cm³/mol. The number of hydrogen-bond acceptors (Lipinski definition) is 3. The number of hydrogen-bond donors (Lipinski definition) is 1. The minimum Gasteiger partial charge on any atom is -0.388 e. The van der Waals surface area contributed by atoms with Crippen molar-refractivity contribution in [3.05, 3.63) is 35.6 Å². The van der Waals surface area contributed by atoms with Crippen molar-refractivity contribution in [2.24, 2.45) is 0 Å². The number of likely N-dealkylation sites (N-methyl/N-ethyl adjacent to an activating group) is 1. The largest absolute Gasteiger partial charge is 0.388 e. The van der Waals surface area contributed by atoms with Gasteiger partial charge in [0.15, 0.2) is 0 Å².